The minimum absolute atomic E-state index is 0.554. The largest absolute Gasteiger partial charge is 0.390 e. The maximum atomic E-state index is 6.94. The first-order chi connectivity index (χ1) is 5.27. The van der Waals surface area contributed by atoms with E-state index in [-0.39, 0.29) is 0 Å². The van der Waals surface area contributed by atoms with Gasteiger partial charge in [0.25, 0.3) is 0 Å². The number of hydrogen-bond donors (Lipinski definition) is 2. The van der Waals surface area contributed by atoms with Crippen molar-refractivity contribution in [2.75, 3.05) is 0 Å². The molecule has 0 amide bonds. The van der Waals surface area contributed by atoms with Gasteiger partial charge in [0.1, 0.15) is 9.48 Å². The molecule has 1 aromatic rings. The van der Waals surface area contributed by atoms with E-state index in [2.05, 4.69) is 25.9 Å². The number of hydrogen-bond acceptors (Lipinski definition) is 4. The van der Waals surface area contributed by atoms with Gasteiger partial charge >= 0.3 is 0 Å². The monoisotopic (exact) mass is 232 g/mol. The Labute approximate surface area is 75.8 Å². The summed E-state index contributed by atoms with van der Waals surface area (Å²) in [6.45, 7) is 0. The van der Waals surface area contributed by atoms with Crippen LogP contribution in [0.15, 0.2) is 8.78 Å². The summed E-state index contributed by atoms with van der Waals surface area (Å²) in [6, 6.07) is 0. The molecule has 0 aliphatic heterocycles. The van der Waals surface area contributed by atoms with Gasteiger partial charge < -0.3 is 11.1 Å². The second-order valence-electron chi connectivity index (χ2n) is 1.58. The van der Waals surface area contributed by atoms with Crippen LogP contribution in [0.25, 0.3) is 0 Å². The molecule has 0 aliphatic rings. The van der Waals surface area contributed by atoms with Crippen molar-refractivity contribution in [3.05, 3.63) is 9.48 Å². The van der Waals surface area contributed by atoms with Crippen LogP contribution in [-0.4, -0.2) is 17.5 Å². The first-order valence-corrected chi connectivity index (χ1v) is 4.30. The van der Waals surface area contributed by atoms with Gasteiger partial charge in [-0.25, -0.2) is 9.98 Å². The Morgan fingerprint density at radius 3 is 2.91 bits per heavy atom. The number of thiazole rings is 1. The van der Waals surface area contributed by atoms with Crippen LogP contribution in [0.1, 0.15) is 5.69 Å². The molecule has 1 aromatic heterocycles. The molecule has 0 bridgehead atoms. The van der Waals surface area contributed by atoms with Gasteiger partial charge in [0, 0.05) is 6.21 Å². The fourth-order valence-corrected chi connectivity index (χ4v) is 1.77. The molecule has 58 valence electrons. The first kappa shape index (κ1) is 8.35. The fraction of sp³-hybridized carbons (Fsp3) is 0. The molecule has 0 fully saturated rings. The highest BCUT2D eigenvalue weighted by Crippen LogP contribution is 2.28. The lowest BCUT2D eigenvalue weighted by molar-refractivity contribution is 1.32. The van der Waals surface area contributed by atoms with E-state index in [9.17, 15) is 0 Å². The highest BCUT2D eigenvalue weighted by Gasteiger charge is 2.03. The SMILES string of the molecule is N=Cc1nc(/N=C/N)sc1Br. The van der Waals surface area contributed by atoms with Crippen molar-refractivity contribution in [1.82, 2.24) is 4.98 Å². The normalized spacial score (nSPS) is 10.6. The van der Waals surface area contributed by atoms with E-state index in [1.54, 1.807) is 0 Å². The average Bonchev–Trinajstić information content (AvgIpc) is 2.32. The number of rotatable bonds is 2. The Bertz CT molecular complexity index is 293. The number of nitrogens with two attached hydrogens (primary N) is 1. The Hall–Kier alpha value is -0.750. The number of aromatic nitrogens is 1. The highest BCUT2D eigenvalue weighted by molar-refractivity contribution is 9.11. The van der Waals surface area contributed by atoms with Crippen LogP contribution >= 0.6 is 27.3 Å². The van der Waals surface area contributed by atoms with Crippen molar-refractivity contribution >= 4 is 45.0 Å². The standard InChI is InChI=1S/C5H5BrN4S/c6-4-3(1-7)10-5(11-4)9-2-8/h1-2,7H,(H2,8,9,10). The number of nitrogens with one attached hydrogen (secondary N) is 1. The Kier molecular flexibility index (Phi) is 2.72. The lowest BCUT2D eigenvalue weighted by atomic mass is 10.6. The van der Waals surface area contributed by atoms with Gasteiger partial charge in [-0.15, -0.1) is 0 Å². The van der Waals surface area contributed by atoms with Gasteiger partial charge in [-0.3, -0.25) is 0 Å². The molecule has 6 heteroatoms. The van der Waals surface area contributed by atoms with Gasteiger partial charge in [0.05, 0.1) is 6.34 Å². The van der Waals surface area contributed by atoms with Crippen molar-refractivity contribution in [1.29, 1.82) is 5.41 Å². The molecule has 3 N–H and O–H groups in total. The van der Waals surface area contributed by atoms with Crippen LogP contribution in [0.2, 0.25) is 0 Å². The van der Waals surface area contributed by atoms with Crippen LogP contribution < -0.4 is 5.73 Å². The summed E-state index contributed by atoms with van der Waals surface area (Å²) in [4.78, 5) is 7.73. The average molecular weight is 233 g/mol. The lowest BCUT2D eigenvalue weighted by Gasteiger charge is -1.78. The molecule has 0 atom stereocenters. The predicted octanol–water partition coefficient (Wildman–Crippen LogP) is 1.52. The topological polar surface area (TPSA) is 75.1 Å². The van der Waals surface area contributed by atoms with Gasteiger partial charge in [-0.05, 0) is 15.9 Å². The van der Waals surface area contributed by atoms with Crippen LogP contribution in [0.5, 0.6) is 0 Å². The van der Waals surface area contributed by atoms with E-state index < -0.39 is 0 Å². The van der Waals surface area contributed by atoms with E-state index >= 15 is 0 Å². The third-order valence-corrected chi connectivity index (χ3v) is 2.58. The van der Waals surface area contributed by atoms with Crippen molar-refractivity contribution in [2.24, 2.45) is 10.7 Å². The van der Waals surface area contributed by atoms with Crippen LogP contribution in [0, 0.1) is 5.41 Å². The minimum atomic E-state index is 0.554. The predicted molar refractivity (Wildman–Crippen MR) is 50.0 cm³/mol. The zero-order valence-corrected chi connectivity index (χ0v) is 7.82. The maximum Gasteiger partial charge on any atom is 0.212 e. The van der Waals surface area contributed by atoms with E-state index in [0.29, 0.717) is 10.8 Å². The number of nitrogens with zero attached hydrogens (tertiary/aromatic N) is 2. The van der Waals surface area contributed by atoms with Gasteiger partial charge in [0.2, 0.25) is 5.13 Å². The Balaban J connectivity index is 3.04. The summed E-state index contributed by atoms with van der Waals surface area (Å²) in [5.41, 5.74) is 5.64. The highest BCUT2D eigenvalue weighted by atomic mass is 79.9. The van der Waals surface area contributed by atoms with Crippen molar-refractivity contribution < 1.29 is 0 Å². The summed E-state index contributed by atoms with van der Waals surface area (Å²) in [7, 11) is 0. The second-order valence-corrected chi connectivity index (χ2v) is 3.87. The quantitative estimate of drug-likeness (QED) is 0.600. The molecule has 1 heterocycles. The summed E-state index contributed by atoms with van der Waals surface area (Å²) >= 11 is 4.58. The molecule has 0 radical (unpaired) electrons. The van der Waals surface area contributed by atoms with E-state index in [1.807, 2.05) is 0 Å². The summed E-state index contributed by atoms with van der Waals surface area (Å²) in [5.74, 6) is 0. The second kappa shape index (κ2) is 3.59. The number of halogens is 1. The number of aliphatic imine (C=N–C) groups is 1. The summed E-state index contributed by atoms with van der Waals surface area (Å²) in [5, 5.41) is 7.49. The van der Waals surface area contributed by atoms with Gasteiger partial charge in [-0.1, -0.05) is 11.3 Å². The van der Waals surface area contributed by atoms with E-state index in [1.165, 1.54) is 17.7 Å². The van der Waals surface area contributed by atoms with Crippen LogP contribution in [-0.2, 0) is 0 Å². The molecular formula is C5H5BrN4S. The molecular weight excluding hydrogens is 228 g/mol. The maximum absolute atomic E-state index is 6.94. The fourth-order valence-electron chi connectivity index (χ4n) is 0.510. The molecule has 1 rings (SSSR count). The molecule has 0 aromatic carbocycles. The molecule has 0 aliphatic carbocycles. The smallest absolute Gasteiger partial charge is 0.212 e. The lowest BCUT2D eigenvalue weighted by Crippen LogP contribution is -1.86. The first-order valence-electron chi connectivity index (χ1n) is 2.69. The van der Waals surface area contributed by atoms with Crippen LogP contribution in [0.3, 0.4) is 0 Å². The third kappa shape index (κ3) is 1.84. The zero-order valence-electron chi connectivity index (χ0n) is 5.41. The van der Waals surface area contributed by atoms with Crippen molar-refractivity contribution in [3.8, 4) is 0 Å². The summed E-state index contributed by atoms with van der Waals surface area (Å²) in [6.07, 6.45) is 2.34. The third-order valence-electron chi connectivity index (χ3n) is 0.920. The minimum Gasteiger partial charge on any atom is -0.390 e. The molecule has 0 unspecified atom stereocenters. The van der Waals surface area contributed by atoms with Crippen molar-refractivity contribution in [2.45, 2.75) is 0 Å². The van der Waals surface area contributed by atoms with Gasteiger partial charge in [0.15, 0.2) is 0 Å². The zero-order chi connectivity index (χ0) is 8.27. The van der Waals surface area contributed by atoms with Crippen molar-refractivity contribution in [3.63, 3.8) is 0 Å². The summed E-state index contributed by atoms with van der Waals surface area (Å²) < 4.78 is 0.799. The van der Waals surface area contributed by atoms with Crippen LogP contribution in [0.4, 0.5) is 5.13 Å². The molecule has 0 saturated heterocycles. The molecule has 4 nitrogen and oxygen atoms in total. The van der Waals surface area contributed by atoms with Gasteiger partial charge in [-0.2, -0.15) is 0 Å². The van der Waals surface area contributed by atoms with E-state index in [4.69, 9.17) is 11.1 Å². The molecule has 11 heavy (non-hydrogen) atoms. The Morgan fingerprint density at radius 2 is 2.45 bits per heavy atom. The molecule has 0 saturated carbocycles. The Morgan fingerprint density at radius 1 is 1.73 bits per heavy atom. The molecule has 0 spiro atoms. The van der Waals surface area contributed by atoms with E-state index in [0.717, 1.165) is 10.0 Å².